The van der Waals surface area contributed by atoms with Gasteiger partial charge in [-0.2, -0.15) is 0 Å². The van der Waals surface area contributed by atoms with Gasteiger partial charge in [0.05, 0.1) is 0 Å². The third kappa shape index (κ3) is 3.61. The number of aliphatic imine (C=N–C) groups is 1. The molecule has 1 aliphatic heterocycles. The Bertz CT molecular complexity index is 1220. The number of rotatable bonds is 0. The predicted molar refractivity (Wildman–Crippen MR) is 132 cm³/mol. The molecule has 2 aromatic carbocycles. The molecule has 0 radical (unpaired) electrons. The zero-order valence-electron chi connectivity index (χ0n) is 17.7. The molecule has 0 N–H and O–H groups in total. The number of benzene rings is 2. The van der Waals surface area contributed by atoms with Crippen LogP contribution < -0.4 is 0 Å². The second-order valence-corrected chi connectivity index (χ2v) is 9.42. The molecule has 3 aromatic rings. The fraction of sp³-hybridized carbons (Fsp3) is 0.250. The number of hydrogen-bond donors (Lipinski definition) is 0. The van der Waals surface area contributed by atoms with E-state index in [9.17, 15) is 0 Å². The first-order chi connectivity index (χ1) is 14.7. The molecule has 0 saturated heterocycles. The topological polar surface area (TPSA) is 12.4 Å². The zero-order chi connectivity index (χ0) is 20.5. The molecular weight excluding hydrogens is 382 g/mol. The number of allylic oxidation sites excluding steroid dienone is 5. The van der Waals surface area contributed by atoms with Gasteiger partial charge in [0.15, 0.2) is 0 Å². The second-order valence-electron chi connectivity index (χ2n) is 8.47. The summed E-state index contributed by atoms with van der Waals surface area (Å²) < 4.78 is 0. The Labute approximate surface area is 183 Å². The van der Waals surface area contributed by atoms with Crippen molar-refractivity contribution in [3.8, 4) is 0 Å². The second kappa shape index (κ2) is 8.20. The minimum Gasteiger partial charge on any atom is -0.264 e. The van der Waals surface area contributed by atoms with Crippen LogP contribution in [0.3, 0.4) is 0 Å². The third-order valence-electron chi connectivity index (χ3n) is 6.44. The van der Waals surface area contributed by atoms with Crippen LogP contribution in [0.2, 0.25) is 0 Å². The van der Waals surface area contributed by atoms with Gasteiger partial charge in [0.1, 0.15) is 0 Å². The Kier molecular flexibility index (Phi) is 5.26. The van der Waals surface area contributed by atoms with Gasteiger partial charge in [0.2, 0.25) is 0 Å². The lowest BCUT2D eigenvalue weighted by atomic mass is 9.76. The van der Waals surface area contributed by atoms with E-state index in [0.717, 1.165) is 12.3 Å². The maximum atomic E-state index is 4.09. The summed E-state index contributed by atoms with van der Waals surface area (Å²) in [6, 6.07) is 13.6. The molecule has 6 rings (SSSR count). The predicted octanol–water partition coefficient (Wildman–Crippen LogP) is 7.68. The van der Waals surface area contributed by atoms with Crippen molar-refractivity contribution in [2.24, 2.45) is 10.9 Å². The highest BCUT2D eigenvalue weighted by Crippen LogP contribution is 2.41. The van der Waals surface area contributed by atoms with Gasteiger partial charge < -0.3 is 0 Å². The average molecular weight is 410 g/mol. The summed E-state index contributed by atoms with van der Waals surface area (Å²) in [4.78, 5) is 5.39. The minimum absolute atomic E-state index is 0.719. The molecule has 150 valence electrons. The van der Waals surface area contributed by atoms with Gasteiger partial charge in [-0.3, -0.25) is 4.99 Å². The maximum absolute atomic E-state index is 4.09. The Balaban J connectivity index is 0.000000161. The van der Waals surface area contributed by atoms with Crippen molar-refractivity contribution in [2.75, 3.05) is 0 Å². The Morgan fingerprint density at radius 2 is 1.97 bits per heavy atom. The van der Waals surface area contributed by atoms with Crippen molar-refractivity contribution in [3.05, 3.63) is 98.9 Å². The molecule has 2 heterocycles. The van der Waals surface area contributed by atoms with Crippen molar-refractivity contribution < 1.29 is 0 Å². The molecule has 0 bridgehead atoms. The normalized spacial score (nSPS) is 18.9. The molecule has 1 nitrogen and oxygen atoms in total. The lowest BCUT2D eigenvalue weighted by Gasteiger charge is -2.29. The van der Waals surface area contributed by atoms with Crippen molar-refractivity contribution >= 4 is 33.9 Å². The molecule has 0 fully saturated rings. The van der Waals surface area contributed by atoms with E-state index >= 15 is 0 Å². The van der Waals surface area contributed by atoms with Gasteiger partial charge in [0.25, 0.3) is 0 Å². The highest BCUT2D eigenvalue weighted by molar-refractivity contribution is 7.11. The van der Waals surface area contributed by atoms with Gasteiger partial charge in [-0.25, -0.2) is 0 Å². The zero-order valence-corrected chi connectivity index (χ0v) is 18.5. The van der Waals surface area contributed by atoms with E-state index in [2.05, 4.69) is 78.8 Å². The summed E-state index contributed by atoms with van der Waals surface area (Å²) in [5.41, 5.74) is 8.95. The number of hydrogen-bond acceptors (Lipinski definition) is 2. The third-order valence-corrected chi connectivity index (χ3v) is 7.33. The van der Waals surface area contributed by atoms with E-state index in [0.29, 0.717) is 0 Å². The van der Waals surface area contributed by atoms with Crippen molar-refractivity contribution in [3.63, 3.8) is 0 Å². The summed E-state index contributed by atoms with van der Waals surface area (Å²) in [6.45, 7) is 4.54. The van der Waals surface area contributed by atoms with Gasteiger partial charge in [-0.05, 0) is 83.0 Å². The molecule has 1 aromatic heterocycles. The molecule has 3 aliphatic rings. The summed E-state index contributed by atoms with van der Waals surface area (Å²) in [5.74, 6) is 0.719. The molecule has 2 heteroatoms. The quantitative estimate of drug-likeness (QED) is 0.361. The summed E-state index contributed by atoms with van der Waals surface area (Å²) in [6.07, 6.45) is 15.2. The van der Waals surface area contributed by atoms with E-state index in [1.54, 1.807) is 22.5 Å². The van der Waals surface area contributed by atoms with E-state index in [-0.39, 0.29) is 0 Å². The van der Waals surface area contributed by atoms with Crippen LogP contribution in [0, 0.1) is 12.8 Å². The number of nitrogens with zero attached hydrogens (tertiary/aromatic N) is 1. The fourth-order valence-electron chi connectivity index (χ4n) is 4.82. The largest absolute Gasteiger partial charge is 0.264 e. The van der Waals surface area contributed by atoms with Crippen LogP contribution in [-0.4, -0.2) is 6.21 Å². The van der Waals surface area contributed by atoms with E-state index in [1.165, 1.54) is 57.2 Å². The van der Waals surface area contributed by atoms with Crippen LogP contribution in [0.5, 0.6) is 0 Å². The molecule has 1 atom stereocenters. The molecular formula is C28H27NS. The average Bonchev–Trinajstić information content (AvgIpc) is 3.09. The molecule has 0 amide bonds. The smallest absolute Gasteiger partial charge is 0.0488 e. The first-order valence-corrected chi connectivity index (χ1v) is 11.8. The fourth-order valence-corrected chi connectivity index (χ4v) is 5.63. The maximum Gasteiger partial charge on any atom is 0.0488 e. The molecule has 1 unspecified atom stereocenters. The number of thiophene rings is 1. The van der Waals surface area contributed by atoms with Crippen LogP contribution >= 0.6 is 11.3 Å². The number of aryl methyl sites for hydroxylation is 2. The Morgan fingerprint density at radius 3 is 2.90 bits per heavy atom. The van der Waals surface area contributed by atoms with Gasteiger partial charge >= 0.3 is 0 Å². The van der Waals surface area contributed by atoms with Crippen LogP contribution in [0.1, 0.15) is 46.9 Å². The van der Waals surface area contributed by atoms with Crippen LogP contribution in [0.25, 0.3) is 16.3 Å². The standard InChI is InChI=1S/C20H20.C8H7NS/c1-13-6-8-17-15(12-13)7-9-20-18-5-3-4-14(2)16(18)10-11-19(17)20;1-2-7-3-5-10-8(7)6-9-4-1/h3,5-9,12,14H,4,10-11H2,1-2H3;1,3-6H,2H2. The van der Waals surface area contributed by atoms with Crippen molar-refractivity contribution in [1.82, 2.24) is 0 Å². The Morgan fingerprint density at radius 1 is 1.03 bits per heavy atom. The van der Waals surface area contributed by atoms with Crippen LogP contribution in [0.4, 0.5) is 0 Å². The van der Waals surface area contributed by atoms with Crippen molar-refractivity contribution in [2.45, 2.75) is 39.5 Å². The SMILES string of the molecule is C1=CN=Cc2sccc2C1.Cc1ccc2c3c(ccc2c1)C1=C(CC3)C(C)CC=C1. The Hall–Kier alpha value is -2.71. The lowest BCUT2D eigenvalue weighted by Crippen LogP contribution is -2.12. The van der Waals surface area contributed by atoms with E-state index in [1.807, 2.05) is 12.4 Å². The van der Waals surface area contributed by atoms with E-state index in [4.69, 9.17) is 0 Å². The van der Waals surface area contributed by atoms with Gasteiger partial charge in [-0.1, -0.05) is 66.6 Å². The summed E-state index contributed by atoms with van der Waals surface area (Å²) >= 11 is 1.75. The molecule has 30 heavy (non-hydrogen) atoms. The number of fused-ring (bicyclic) bond motifs is 5. The highest BCUT2D eigenvalue weighted by Gasteiger charge is 2.24. The summed E-state index contributed by atoms with van der Waals surface area (Å²) in [7, 11) is 0. The minimum atomic E-state index is 0.719. The van der Waals surface area contributed by atoms with Crippen molar-refractivity contribution in [1.29, 1.82) is 0 Å². The van der Waals surface area contributed by atoms with Gasteiger partial charge in [0, 0.05) is 17.3 Å². The van der Waals surface area contributed by atoms with Gasteiger partial charge in [-0.15, -0.1) is 11.3 Å². The summed E-state index contributed by atoms with van der Waals surface area (Å²) in [5, 5.41) is 4.95. The molecule has 0 spiro atoms. The highest BCUT2D eigenvalue weighted by atomic mass is 32.1. The molecule has 2 aliphatic carbocycles. The first-order valence-electron chi connectivity index (χ1n) is 10.9. The van der Waals surface area contributed by atoms with Crippen LogP contribution in [0.15, 0.2) is 76.8 Å². The lowest BCUT2D eigenvalue weighted by molar-refractivity contribution is 0.645. The monoisotopic (exact) mass is 409 g/mol. The molecule has 0 saturated carbocycles. The van der Waals surface area contributed by atoms with E-state index < -0.39 is 0 Å². The first kappa shape index (κ1) is 19.3. The van der Waals surface area contributed by atoms with Crippen LogP contribution in [-0.2, 0) is 12.8 Å².